The van der Waals surface area contributed by atoms with Gasteiger partial charge in [0.25, 0.3) is 0 Å². The number of allylic oxidation sites excluding steroid dienone is 17. The first-order valence-electron chi connectivity index (χ1n) is 20.5. The summed E-state index contributed by atoms with van der Waals surface area (Å²) in [6.07, 6.45) is 64.3. The van der Waals surface area contributed by atoms with Crippen LogP contribution >= 0.6 is 0 Å². The summed E-state index contributed by atoms with van der Waals surface area (Å²) in [6, 6.07) is 1.05. The largest absolute Gasteiger partial charge is 0.374 e. The van der Waals surface area contributed by atoms with Crippen molar-refractivity contribution >= 4 is 0 Å². The maximum absolute atomic E-state index is 6.87. The van der Waals surface area contributed by atoms with Crippen molar-refractivity contribution in [2.45, 2.75) is 107 Å². The van der Waals surface area contributed by atoms with Gasteiger partial charge in [0.1, 0.15) is 0 Å². The van der Waals surface area contributed by atoms with Crippen LogP contribution in [0.2, 0.25) is 0 Å². The molecule has 0 spiro atoms. The second-order valence-corrected chi connectivity index (χ2v) is 16.4. The Bertz CT molecular complexity index is 1810. The highest BCUT2D eigenvalue weighted by atomic mass is 16.5. The van der Waals surface area contributed by atoms with E-state index in [0.717, 1.165) is 44.9 Å². The Morgan fingerprint density at radius 3 is 2.22 bits per heavy atom. The molecule has 10 unspecified atom stereocenters. The first kappa shape index (κ1) is 31.9. The fourth-order valence-corrected chi connectivity index (χ4v) is 11.2. The van der Waals surface area contributed by atoms with Crippen LogP contribution in [0.5, 0.6) is 0 Å². The zero-order valence-electron chi connectivity index (χ0n) is 30.1. The van der Waals surface area contributed by atoms with Crippen molar-refractivity contribution in [2.24, 2.45) is 29.6 Å². The van der Waals surface area contributed by atoms with Crippen molar-refractivity contribution in [3.8, 4) is 0 Å². The molecule has 0 aromatic carbocycles. The zero-order chi connectivity index (χ0) is 33.7. The van der Waals surface area contributed by atoms with Crippen LogP contribution in [-0.4, -0.2) is 40.1 Å². The minimum Gasteiger partial charge on any atom is -0.374 e. The number of fused-ring (bicyclic) bond motifs is 6. The van der Waals surface area contributed by atoms with E-state index < -0.39 is 0 Å². The van der Waals surface area contributed by atoms with E-state index in [-0.39, 0.29) is 0 Å². The molecule has 10 atom stereocenters. The maximum atomic E-state index is 6.87. The number of likely N-dealkylation sites (tertiary alicyclic amines) is 1. The summed E-state index contributed by atoms with van der Waals surface area (Å²) in [4.78, 5) is 5.59. The molecule has 2 fully saturated rings. The molecule has 0 amide bonds. The van der Waals surface area contributed by atoms with Crippen LogP contribution in [0, 0.1) is 29.6 Å². The predicted octanol–water partition coefficient (Wildman–Crippen LogP) is 10.7. The molecule has 10 rings (SSSR count). The van der Waals surface area contributed by atoms with Gasteiger partial charge in [-0.1, -0.05) is 109 Å². The second kappa shape index (κ2) is 13.6. The van der Waals surface area contributed by atoms with Crippen LogP contribution in [0.15, 0.2) is 155 Å². The Balaban J connectivity index is 1.03. The Morgan fingerprint density at radius 2 is 1.41 bits per heavy atom. The number of hydrogen-bond donors (Lipinski definition) is 0. The lowest BCUT2D eigenvalue weighted by Crippen LogP contribution is -2.42. The van der Waals surface area contributed by atoms with Gasteiger partial charge < -0.3 is 14.5 Å². The molecule has 3 heteroatoms. The predicted molar refractivity (Wildman–Crippen MR) is 209 cm³/mol. The summed E-state index contributed by atoms with van der Waals surface area (Å²) < 4.78 is 6.87. The molecule has 8 aliphatic carbocycles. The van der Waals surface area contributed by atoms with Crippen molar-refractivity contribution in [2.75, 3.05) is 0 Å². The van der Waals surface area contributed by atoms with Crippen LogP contribution in [0.4, 0.5) is 0 Å². The smallest absolute Gasteiger partial charge is 0.0671 e. The van der Waals surface area contributed by atoms with Crippen molar-refractivity contribution in [3.05, 3.63) is 155 Å². The van der Waals surface area contributed by atoms with Gasteiger partial charge in [0.15, 0.2) is 0 Å². The Morgan fingerprint density at radius 1 is 0.549 bits per heavy atom. The summed E-state index contributed by atoms with van der Waals surface area (Å²) in [5.41, 5.74) is 8.66. The van der Waals surface area contributed by atoms with E-state index in [1.165, 1.54) is 65.9 Å². The van der Waals surface area contributed by atoms with E-state index in [9.17, 15) is 0 Å². The third-order valence-corrected chi connectivity index (χ3v) is 13.5. The van der Waals surface area contributed by atoms with Crippen molar-refractivity contribution in [1.82, 2.24) is 9.80 Å². The zero-order valence-corrected chi connectivity index (χ0v) is 30.1. The van der Waals surface area contributed by atoms with Crippen LogP contribution in [0.25, 0.3) is 0 Å². The Labute approximate surface area is 306 Å². The monoisotopic (exact) mass is 674 g/mol. The summed E-state index contributed by atoms with van der Waals surface area (Å²) in [5, 5.41) is 0. The highest BCUT2D eigenvalue weighted by Gasteiger charge is 2.51. The van der Waals surface area contributed by atoms with Crippen LogP contribution < -0.4 is 0 Å². The SMILES string of the molecule is C1=CC(C2=CC3C(C=C2)C2C=C(N(C4=CCCC5OC6CCC=CC6C45)C4C=CC(C5=CCCC=C5)CC4)C=CC2N3C2=CCCC=C2)=CCC1. The molecule has 10 aliphatic rings. The lowest BCUT2D eigenvalue weighted by Gasteiger charge is -2.44. The van der Waals surface area contributed by atoms with Gasteiger partial charge in [-0.3, -0.25) is 0 Å². The van der Waals surface area contributed by atoms with Crippen LogP contribution in [0.3, 0.4) is 0 Å². The number of hydrogen-bond acceptors (Lipinski definition) is 3. The van der Waals surface area contributed by atoms with Crippen molar-refractivity contribution in [3.63, 3.8) is 0 Å². The molecular weight excluding hydrogens is 621 g/mol. The quantitative estimate of drug-likeness (QED) is 0.261. The average Bonchev–Trinajstić information content (AvgIpc) is 3.75. The topological polar surface area (TPSA) is 15.7 Å². The number of rotatable bonds is 6. The van der Waals surface area contributed by atoms with E-state index in [1.807, 2.05) is 0 Å². The highest BCUT2D eigenvalue weighted by Crippen LogP contribution is 2.51. The molecule has 2 aliphatic heterocycles. The van der Waals surface area contributed by atoms with Gasteiger partial charge in [-0.15, -0.1) is 0 Å². The molecule has 0 aromatic heterocycles. The molecule has 51 heavy (non-hydrogen) atoms. The van der Waals surface area contributed by atoms with Crippen LogP contribution in [0.1, 0.15) is 77.0 Å². The first-order valence-corrected chi connectivity index (χ1v) is 20.5. The molecule has 0 bridgehead atoms. The maximum Gasteiger partial charge on any atom is 0.0671 e. The van der Waals surface area contributed by atoms with Crippen molar-refractivity contribution in [1.29, 1.82) is 0 Å². The van der Waals surface area contributed by atoms with Gasteiger partial charge in [0, 0.05) is 46.7 Å². The molecule has 0 saturated carbocycles. The normalized spacial score (nSPS) is 38.9. The number of ether oxygens (including phenoxy) is 1. The van der Waals surface area contributed by atoms with Gasteiger partial charge in [-0.2, -0.15) is 0 Å². The van der Waals surface area contributed by atoms with E-state index >= 15 is 0 Å². The molecule has 0 N–H and O–H groups in total. The van der Waals surface area contributed by atoms with Crippen molar-refractivity contribution < 1.29 is 4.74 Å². The highest BCUT2D eigenvalue weighted by molar-refractivity contribution is 5.52. The Kier molecular flexibility index (Phi) is 8.52. The Hall–Kier alpha value is -3.82. The van der Waals surface area contributed by atoms with Gasteiger partial charge >= 0.3 is 0 Å². The van der Waals surface area contributed by atoms with Gasteiger partial charge in [-0.25, -0.2) is 0 Å². The van der Waals surface area contributed by atoms with E-state index in [4.69, 9.17) is 4.74 Å². The van der Waals surface area contributed by atoms with E-state index in [2.05, 4.69) is 131 Å². The lowest BCUT2D eigenvalue weighted by molar-refractivity contribution is 0.0204. The summed E-state index contributed by atoms with van der Waals surface area (Å²) >= 11 is 0. The first-order chi connectivity index (χ1) is 25.3. The van der Waals surface area contributed by atoms with E-state index in [0.29, 0.717) is 59.9 Å². The average molecular weight is 675 g/mol. The summed E-state index contributed by atoms with van der Waals surface area (Å²) in [7, 11) is 0. The minimum atomic E-state index is 0.327. The summed E-state index contributed by atoms with van der Waals surface area (Å²) in [6.45, 7) is 0. The third kappa shape index (κ3) is 5.75. The summed E-state index contributed by atoms with van der Waals surface area (Å²) in [5.74, 6) is 2.32. The number of nitrogens with zero attached hydrogens (tertiary/aromatic N) is 2. The van der Waals surface area contributed by atoms with Gasteiger partial charge in [0.05, 0.1) is 30.3 Å². The van der Waals surface area contributed by atoms with E-state index in [1.54, 1.807) is 0 Å². The van der Waals surface area contributed by atoms with Gasteiger partial charge in [0.2, 0.25) is 0 Å². The molecule has 262 valence electrons. The standard InChI is InChI=1S/C48H54N2O/c1-4-13-33(14-5-1)35-23-26-38(27-24-35)49(44-20-12-22-47-48(44)41-19-10-11-21-46(41)51-47)39-28-30-43-42(32-39)40-29-25-36(34-15-6-2-7-16-34)31-45(40)50(43)37-17-8-3-9-18-37/h4,6,8,10,13-20,23,25-26,28-32,35,38,40-43,45-48H,1-3,5,7,9,11-12,21-22,24,27H2. The lowest BCUT2D eigenvalue weighted by atomic mass is 9.75. The molecule has 2 saturated heterocycles. The molecule has 0 aromatic rings. The molecule has 2 heterocycles. The second-order valence-electron chi connectivity index (χ2n) is 16.4. The molecular formula is C48H54N2O. The molecule has 0 radical (unpaired) electrons. The minimum absolute atomic E-state index is 0.327. The molecule has 3 nitrogen and oxygen atoms in total. The van der Waals surface area contributed by atoms with Gasteiger partial charge in [-0.05, 0) is 106 Å². The fourth-order valence-electron chi connectivity index (χ4n) is 11.2. The third-order valence-electron chi connectivity index (χ3n) is 13.5. The van der Waals surface area contributed by atoms with Crippen LogP contribution in [-0.2, 0) is 4.74 Å². The fraction of sp³-hybridized carbons (Fsp3) is 0.458.